The molecule has 0 amide bonds. The number of carbonyl (C=O) groups is 2. The Labute approximate surface area is 78.2 Å². The zero-order chi connectivity index (χ0) is 10.7. The highest BCUT2D eigenvalue weighted by Crippen LogP contribution is 2.21. The standard InChI is InChI=1S/C7H8O7/c8-2-13-1-3(9)6-4(10)5(11)7(12)14-6/h2-3,6,9-11H,1H2. The van der Waals surface area contributed by atoms with Crippen LogP contribution >= 0.6 is 0 Å². The van der Waals surface area contributed by atoms with E-state index in [-0.39, 0.29) is 6.47 Å². The van der Waals surface area contributed by atoms with E-state index >= 15 is 0 Å². The Bertz CT molecular complexity index is 282. The van der Waals surface area contributed by atoms with Gasteiger partial charge < -0.3 is 24.8 Å². The van der Waals surface area contributed by atoms with E-state index in [0.717, 1.165) is 0 Å². The number of aliphatic hydroxyl groups is 3. The highest BCUT2D eigenvalue weighted by molar-refractivity contribution is 5.89. The maximum absolute atomic E-state index is 10.7. The summed E-state index contributed by atoms with van der Waals surface area (Å²) in [6.45, 7) is -0.348. The molecule has 1 heterocycles. The van der Waals surface area contributed by atoms with Gasteiger partial charge in [-0.2, -0.15) is 0 Å². The minimum atomic E-state index is -1.41. The largest absolute Gasteiger partial charge is 0.505 e. The molecule has 7 heteroatoms. The van der Waals surface area contributed by atoms with Crippen LogP contribution in [0.2, 0.25) is 0 Å². The van der Waals surface area contributed by atoms with E-state index in [1.165, 1.54) is 0 Å². The summed E-state index contributed by atoms with van der Waals surface area (Å²) in [5.41, 5.74) is 0. The van der Waals surface area contributed by atoms with Crippen molar-refractivity contribution in [3.63, 3.8) is 0 Å². The van der Waals surface area contributed by atoms with Crippen LogP contribution in [0, 0.1) is 0 Å². The fraction of sp³-hybridized carbons (Fsp3) is 0.429. The Hall–Kier alpha value is -1.76. The summed E-state index contributed by atoms with van der Waals surface area (Å²) in [5.74, 6) is -2.84. The van der Waals surface area contributed by atoms with Crippen molar-refractivity contribution in [2.75, 3.05) is 6.61 Å². The normalized spacial score (nSPS) is 23.2. The van der Waals surface area contributed by atoms with Crippen molar-refractivity contribution < 1.29 is 34.4 Å². The minimum Gasteiger partial charge on any atom is -0.505 e. The van der Waals surface area contributed by atoms with Crippen molar-refractivity contribution in [1.29, 1.82) is 0 Å². The highest BCUT2D eigenvalue weighted by atomic mass is 16.6. The van der Waals surface area contributed by atoms with E-state index in [4.69, 9.17) is 10.2 Å². The van der Waals surface area contributed by atoms with Gasteiger partial charge in [0.15, 0.2) is 11.9 Å². The number of ether oxygens (including phenoxy) is 2. The molecule has 1 aliphatic rings. The van der Waals surface area contributed by atoms with Crippen LogP contribution in [-0.4, -0.2) is 46.6 Å². The van der Waals surface area contributed by atoms with E-state index in [0.29, 0.717) is 0 Å². The summed E-state index contributed by atoms with van der Waals surface area (Å²) >= 11 is 0. The van der Waals surface area contributed by atoms with Crippen LogP contribution < -0.4 is 0 Å². The third-order valence-corrected chi connectivity index (χ3v) is 1.62. The zero-order valence-corrected chi connectivity index (χ0v) is 6.91. The summed E-state index contributed by atoms with van der Waals surface area (Å²) in [6, 6.07) is 0. The van der Waals surface area contributed by atoms with Crippen LogP contribution in [0.5, 0.6) is 0 Å². The molecule has 0 bridgehead atoms. The van der Waals surface area contributed by atoms with Crippen LogP contribution in [-0.2, 0) is 19.1 Å². The van der Waals surface area contributed by atoms with Crippen molar-refractivity contribution in [3.05, 3.63) is 11.5 Å². The number of hydrogen-bond acceptors (Lipinski definition) is 7. The molecule has 2 unspecified atom stereocenters. The molecule has 0 saturated heterocycles. The second-order valence-electron chi connectivity index (χ2n) is 2.56. The SMILES string of the molecule is O=COCC(O)C1OC(=O)C(O)=C1O. The van der Waals surface area contributed by atoms with E-state index in [9.17, 15) is 14.7 Å². The number of hydrogen-bond donors (Lipinski definition) is 3. The number of rotatable bonds is 4. The maximum Gasteiger partial charge on any atom is 0.377 e. The molecular weight excluding hydrogens is 196 g/mol. The lowest BCUT2D eigenvalue weighted by molar-refractivity contribution is -0.149. The van der Waals surface area contributed by atoms with E-state index < -0.39 is 36.3 Å². The molecule has 0 spiro atoms. The van der Waals surface area contributed by atoms with Crippen LogP contribution in [0.15, 0.2) is 11.5 Å². The van der Waals surface area contributed by atoms with Gasteiger partial charge in [-0.1, -0.05) is 0 Å². The van der Waals surface area contributed by atoms with Crippen molar-refractivity contribution in [3.8, 4) is 0 Å². The molecule has 0 fully saturated rings. The molecule has 14 heavy (non-hydrogen) atoms. The quantitative estimate of drug-likeness (QED) is 0.388. The molecule has 0 saturated carbocycles. The summed E-state index contributed by atoms with van der Waals surface area (Å²) in [5, 5.41) is 27.1. The molecule has 7 nitrogen and oxygen atoms in total. The predicted molar refractivity (Wildman–Crippen MR) is 40.2 cm³/mol. The van der Waals surface area contributed by atoms with Gasteiger partial charge in [0.2, 0.25) is 5.76 Å². The molecule has 0 aromatic heterocycles. The predicted octanol–water partition coefficient (Wildman–Crippen LogP) is -1.23. The molecular formula is C7H8O7. The molecule has 3 N–H and O–H groups in total. The van der Waals surface area contributed by atoms with Gasteiger partial charge in [0.05, 0.1) is 0 Å². The van der Waals surface area contributed by atoms with Crippen LogP contribution in [0.3, 0.4) is 0 Å². The van der Waals surface area contributed by atoms with Gasteiger partial charge in [-0.3, -0.25) is 4.79 Å². The molecule has 0 aromatic carbocycles. The molecule has 1 aliphatic heterocycles. The van der Waals surface area contributed by atoms with Gasteiger partial charge in [-0.25, -0.2) is 4.79 Å². The van der Waals surface area contributed by atoms with Gasteiger partial charge >= 0.3 is 5.97 Å². The highest BCUT2D eigenvalue weighted by Gasteiger charge is 2.39. The molecule has 0 aliphatic carbocycles. The molecule has 2 atom stereocenters. The smallest absolute Gasteiger partial charge is 0.377 e. The second-order valence-corrected chi connectivity index (χ2v) is 2.56. The molecule has 0 aromatic rings. The first-order chi connectivity index (χ1) is 6.57. The lowest BCUT2D eigenvalue weighted by Crippen LogP contribution is -2.32. The average molecular weight is 204 g/mol. The Morgan fingerprint density at radius 1 is 1.57 bits per heavy atom. The summed E-state index contributed by atoms with van der Waals surface area (Å²) in [4.78, 5) is 20.4. The van der Waals surface area contributed by atoms with Crippen molar-refractivity contribution in [2.24, 2.45) is 0 Å². The van der Waals surface area contributed by atoms with Crippen molar-refractivity contribution in [1.82, 2.24) is 0 Å². The number of cyclic esters (lactones) is 1. The topological polar surface area (TPSA) is 113 Å². The lowest BCUT2D eigenvalue weighted by Gasteiger charge is -2.15. The molecule has 1 rings (SSSR count). The Morgan fingerprint density at radius 3 is 2.64 bits per heavy atom. The lowest BCUT2D eigenvalue weighted by atomic mass is 10.2. The molecule has 78 valence electrons. The second kappa shape index (κ2) is 3.97. The van der Waals surface area contributed by atoms with Gasteiger partial charge in [0.25, 0.3) is 6.47 Å². The third kappa shape index (κ3) is 1.77. The van der Waals surface area contributed by atoms with Crippen LogP contribution in [0.25, 0.3) is 0 Å². The zero-order valence-electron chi connectivity index (χ0n) is 6.91. The minimum absolute atomic E-state index is 0.0978. The monoisotopic (exact) mass is 204 g/mol. The van der Waals surface area contributed by atoms with Gasteiger partial charge in [0, 0.05) is 0 Å². The first kappa shape index (κ1) is 10.3. The van der Waals surface area contributed by atoms with Crippen molar-refractivity contribution in [2.45, 2.75) is 12.2 Å². The summed E-state index contributed by atoms with van der Waals surface area (Å²) in [7, 11) is 0. The maximum atomic E-state index is 10.7. The van der Waals surface area contributed by atoms with E-state index in [1.807, 2.05) is 0 Å². The molecule has 0 radical (unpaired) electrons. The number of aliphatic hydroxyl groups excluding tert-OH is 3. The van der Waals surface area contributed by atoms with Crippen molar-refractivity contribution >= 4 is 12.4 Å². The number of esters is 1. The Morgan fingerprint density at radius 2 is 2.21 bits per heavy atom. The summed E-state index contributed by atoms with van der Waals surface area (Å²) in [6.07, 6.45) is -2.80. The average Bonchev–Trinajstić information content (AvgIpc) is 2.42. The fourth-order valence-electron chi connectivity index (χ4n) is 0.952. The van der Waals surface area contributed by atoms with E-state index in [1.54, 1.807) is 0 Å². The van der Waals surface area contributed by atoms with E-state index in [2.05, 4.69) is 9.47 Å². The van der Waals surface area contributed by atoms with Gasteiger partial charge in [-0.05, 0) is 0 Å². The first-order valence-electron chi connectivity index (χ1n) is 3.64. The van der Waals surface area contributed by atoms with Crippen LogP contribution in [0.1, 0.15) is 0 Å². The number of carbonyl (C=O) groups excluding carboxylic acids is 2. The summed E-state index contributed by atoms with van der Waals surface area (Å²) < 4.78 is 8.58. The Kier molecular flexibility index (Phi) is 2.92. The van der Waals surface area contributed by atoms with Gasteiger partial charge in [-0.15, -0.1) is 0 Å². The van der Waals surface area contributed by atoms with Gasteiger partial charge in [0.1, 0.15) is 12.7 Å². The first-order valence-corrected chi connectivity index (χ1v) is 3.64. The Balaban J connectivity index is 2.63. The third-order valence-electron chi connectivity index (χ3n) is 1.62. The fourth-order valence-corrected chi connectivity index (χ4v) is 0.952. The van der Waals surface area contributed by atoms with Crippen LogP contribution in [0.4, 0.5) is 0 Å².